The summed E-state index contributed by atoms with van der Waals surface area (Å²) < 4.78 is 0. The number of carbonyl (C=O) groups is 2. The van der Waals surface area contributed by atoms with Gasteiger partial charge in [0.25, 0.3) is 5.91 Å². The number of rotatable bonds is 7. The molecule has 34 heavy (non-hydrogen) atoms. The zero-order valence-electron chi connectivity index (χ0n) is 19.3. The molecule has 8 heteroatoms. The maximum Gasteiger partial charge on any atom is 0.317 e. The molecule has 0 spiro atoms. The molecule has 0 aliphatic carbocycles. The van der Waals surface area contributed by atoms with Crippen LogP contribution in [0, 0.1) is 0 Å². The van der Waals surface area contributed by atoms with E-state index in [0.29, 0.717) is 24.5 Å². The van der Waals surface area contributed by atoms with Crippen LogP contribution in [-0.4, -0.2) is 46.6 Å². The Bertz CT molecular complexity index is 1120. The summed E-state index contributed by atoms with van der Waals surface area (Å²) in [5.74, 6) is 0.209. The fraction of sp³-hybridized carbons (Fsp3) is 0.346. The number of amides is 3. The predicted octanol–water partition coefficient (Wildman–Crippen LogP) is 5.46. The molecule has 178 valence electrons. The van der Waals surface area contributed by atoms with Crippen LogP contribution in [0.15, 0.2) is 53.9 Å². The van der Waals surface area contributed by atoms with Gasteiger partial charge in [-0.05, 0) is 43.0 Å². The summed E-state index contributed by atoms with van der Waals surface area (Å²) in [6.45, 7) is 4.22. The Morgan fingerprint density at radius 3 is 2.59 bits per heavy atom. The Morgan fingerprint density at radius 1 is 1.12 bits per heavy atom. The van der Waals surface area contributed by atoms with Gasteiger partial charge in [0, 0.05) is 42.2 Å². The Morgan fingerprint density at radius 2 is 1.85 bits per heavy atom. The molecule has 2 aromatic carbocycles. The molecular weight excluding hydrogens is 448 g/mol. The van der Waals surface area contributed by atoms with E-state index >= 15 is 0 Å². The van der Waals surface area contributed by atoms with Crippen LogP contribution in [0.25, 0.3) is 11.1 Å². The number of urea groups is 1. The third-order valence-corrected chi connectivity index (χ3v) is 7.05. The topological polar surface area (TPSA) is 94.6 Å². The van der Waals surface area contributed by atoms with Crippen LogP contribution in [0.4, 0.5) is 10.5 Å². The number of anilines is 1. The monoisotopic (exact) mass is 478 g/mol. The van der Waals surface area contributed by atoms with Gasteiger partial charge in [-0.25, -0.2) is 9.78 Å². The number of aromatic nitrogens is 1. The molecule has 0 radical (unpaired) electrons. The van der Waals surface area contributed by atoms with Gasteiger partial charge in [0.05, 0.1) is 5.01 Å². The summed E-state index contributed by atoms with van der Waals surface area (Å²) in [5.41, 5.74) is 2.87. The lowest BCUT2D eigenvalue weighted by Gasteiger charge is -2.31. The van der Waals surface area contributed by atoms with E-state index in [0.717, 1.165) is 48.4 Å². The second-order valence-electron chi connectivity index (χ2n) is 8.46. The summed E-state index contributed by atoms with van der Waals surface area (Å²) in [6.07, 6.45) is 3.75. The standard InChI is InChI=1S/C26H30N4O3S/c1-2-3-14-27-26(33)30-15-12-19(13-16-30)25-29-23(17-34-25)24(32)28-22-7-5-4-6-21(22)18-8-10-20(31)11-9-18/h4-11,17,19,31H,2-3,12-16H2,1H3,(H,27,33)(H,28,32). The highest BCUT2D eigenvalue weighted by Gasteiger charge is 2.26. The number of piperidine rings is 1. The first-order valence-corrected chi connectivity index (χ1v) is 12.6. The molecule has 1 aliphatic rings. The number of benzene rings is 2. The normalized spacial score (nSPS) is 14.1. The van der Waals surface area contributed by atoms with Crippen molar-refractivity contribution < 1.29 is 14.7 Å². The van der Waals surface area contributed by atoms with Crippen molar-refractivity contribution in [3.63, 3.8) is 0 Å². The van der Waals surface area contributed by atoms with Crippen molar-refractivity contribution in [2.45, 2.75) is 38.5 Å². The smallest absolute Gasteiger partial charge is 0.317 e. The van der Waals surface area contributed by atoms with Crippen molar-refractivity contribution in [1.29, 1.82) is 0 Å². The maximum atomic E-state index is 12.9. The second kappa shape index (κ2) is 11.2. The first-order valence-electron chi connectivity index (χ1n) is 11.7. The zero-order chi connectivity index (χ0) is 23.9. The van der Waals surface area contributed by atoms with E-state index in [1.807, 2.05) is 41.3 Å². The van der Waals surface area contributed by atoms with Crippen LogP contribution < -0.4 is 10.6 Å². The summed E-state index contributed by atoms with van der Waals surface area (Å²) >= 11 is 1.50. The van der Waals surface area contributed by atoms with Crippen molar-refractivity contribution in [2.24, 2.45) is 0 Å². The number of likely N-dealkylation sites (tertiary alicyclic amines) is 1. The van der Waals surface area contributed by atoms with Crippen molar-refractivity contribution in [3.8, 4) is 16.9 Å². The van der Waals surface area contributed by atoms with Gasteiger partial charge in [-0.3, -0.25) is 4.79 Å². The Kier molecular flexibility index (Phi) is 7.80. The highest BCUT2D eigenvalue weighted by atomic mass is 32.1. The zero-order valence-corrected chi connectivity index (χ0v) is 20.1. The van der Waals surface area contributed by atoms with E-state index in [-0.39, 0.29) is 23.6 Å². The molecule has 1 aliphatic heterocycles. The third-order valence-electron chi connectivity index (χ3n) is 6.05. The lowest BCUT2D eigenvalue weighted by atomic mass is 9.98. The Balaban J connectivity index is 1.37. The van der Waals surface area contributed by atoms with Crippen LogP contribution in [0.2, 0.25) is 0 Å². The molecule has 7 nitrogen and oxygen atoms in total. The number of phenols is 1. The summed E-state index contributed by atoms with van der Waals surface area (Å²) in [7, 11) is 0. The fourth-order valence-electron chi connectivity index (χ4n) is 4.06. The van der Waals surface area contributed by atoms with Crippen molar-refractivity contribution in [2.75, 3.05) is 25.0 Å². The van der Waals surface area contributed by atoms with E-state index in [9.17, 15) is 14.7 Å². The lowest BCUT2D eigenvalue weighted by Crippen LogP contribution is -2.44. The number of hydrogen-bond acceptors (Lipinski definition) is 5. The highest BCUT2D eigenvalue weighted by Crippen LogP contribution is 2.32. The minimum Gasteiger partial charge on any atom is -0.508 e. The van der Waals surface area contributed by atoms with Gasteiger partial charge >= 0.3 is 6.03 Å². The summed E-state index contributed by atoms with van der Waals surface area (Å²) in [4.78, 5) is 31.7. The average Bonchev–Trinajstić information content (AvgIpc) is 3.36. The molecule has 0 bridgehead atoms. The van der Waals surface area contributed by atoms with Crippen LogP contribution in [0.3, 0.4) is 0 Å². The molecular formula is C26H30N4O3S. The molecule has 3 N–H and O–H groups in total. The summed E-state index contributed by atoms with van der Waals surface area (Å²) in [5, 5.41) is 18.3. The van der Waals surface area contributed by atoms with E-state index in [4.69, 9.17) is 0 Å². The Labute approximate surface area is 203 Å². The van der Waals surface area contributed by atoms with Crippen molar-refractivity contribution in [1.82, 2.24) is 15.2 Å². The first kappa shape index (κ1) is 23.8. The van der Waals surface area contributed by atoms with Gasteiger partial charge < -0.3 is 20.6 Å². The van der Waals surface area contributed by atoms with Crippen LogP contribution >= 0.6 is 11.3 Å². The fourth-order valence-corrected chi connectivity index (χ4v) is 5.04. The van der Waals surface area contributed by atoms with E-state index in [1.54, 1.807) is 17.5 Å². The van der Waals surface area contributed by atoms with Gasteiger partial charge in [-0.1, -0.05) is 43.7 Å². The molecule has 4 rings (SSSR count). The Hall–Kier alpha value is -3.39. The van der Waals surface area contributed by atoms with Gasteiger partial charge in [0.15, 0.2) is 0 Å². The predicted molar refractivity (Wildman–Crippen MR) is 135 cm³/mol. The van der Waals surface area contributed by atoms with Crippen LogP contribution in [0.1, 0.15) is 54.0 Å². The minimum absolute atomic E-state index is 0.0124. The molecule has 0 saturated carbocycles. The highest BCUT2D eigenvalue weighted by molar-refractivity contribution is 7.10. The summed E-state index contributed by atoms with van der Waals surface area (Å²) in [6, 6.07) is 14.5. The number of thiazole rings is 1. The van der Waals surface area contributed by atoms with Gasteiger partial charge in [-0.2, -0.15) is 0 Å². The number of para-hydroxylation sites is 1. The molecule has 2 heterocycles. The number of nitrogens with one attached hydrogen (secondary N) is 2. The van der Waals surface area contributed by atoms with E-state index in [1.165, 1.54) is 11.3 Å². The lowest BCUT2D eigenvalue weighted by molar-refractivity contribution is 0.102. The number of nitrogens with zero attached hydrogens (tertiary/aromatic N) is 2. The van der Waals surface area contributed by atoms with Crippen LogP contribution in [-0.2, 0) is 0 Å². The van der Waals surface area contributed by atoms with E-state index in [2.05, 4.69) is 22.5 Å². The minimum atomic E-state index is -0.249. The molecule has 0 atom stereocenters. The quantitative estimate of drug-likeness (QED) is 0.393. The molecule has 1 fully saturated rings. The largest absolute Gasteiger partial charge is 0.508 e. The van der Waals surface area contributed by atoms with Gasteiger partial charge in [-0.15, -0.1) is 11.3 Å². The van der Waals surface area contributed by atoms with Gasteiger partial charge in [0.1, 0.15) is 11.4 Å². The molecule has 3 amide bonds. The molecule has 1 aromatic heterocycles. The number of carbonyl (C=O) groups excluding carboxylic acids is 2. The van der Waals surface area contributed by atoms with Crippen molar-refractivity contribution in [3.05, 3.63) is 64.6 Å². The average molecular weight is 479 g/mol. The molecule has 1 saturated heterocycles. The molecule has 3 aromatic rings. The van der Waals surface area contributed by atoms with Crippen LogP contribution in [0.5, 0.6) is 5.75 Å². The maximum absolute atomic E-state index is 12.9. The SMILES string of the molecule is CCCCNC(=O)N1CCC(c2nc(C(=O)Nc3ccccc3-c3ccc(O)cc3)cs2)CC1. The van der Waals surface area contributed by atoms with E-state index < -0.39 is 0 Å². The van der Waals surface area contributed by atoms with Crippen molar-refractivity contribution >= 4 is 29.0 Å². The number of phenolic OH excluding ortho intramolecular Hbond substituents is 1. The number of aromatic hydroxyl groups is 1. The van der Waals surface area contributed by atoms with Gasteiger partial charge in [0.2, 0.25) is 0 Å². The number of hydrogen-bond donors (Lipinski definition) is 3. The molecule has 0 unspecified atom stereocenters. The number of unbranched alkanes of at least 4 members (excludes halogenated alkanes) is 1. The first-order chi connectivity index (χ1) is 16.5. The third kappa shape index (κ3) is 5.75. The second-order valence-corrected chi connectivity index (χ2v) is 9.35.